The number of unbranched alkanes of at least 4 members (excludes halogenated alkanes) is 1. The zero-order valence-corrected chi connectivity index (χ0v) is 17.7. The van der Waals surface area contributed by atoms with E-state index >= 15 is 0 Å². The third-order valence-corrected chi connectivity index (χ3v) is 5.16. The summed E-state index contributed by atoms with van der Waals surface area (Å²) in [6.07, 6.45) is 3.31. The molecule has 0 bridgehead atoms. The number of rotatable bonds is 10. The number of nitrogens with zero attached hydrogens (tertiary/aromatic N) is 4. The van der Waals surface area contributed by atoms with Crippen molar-refractivity contribution in [2.45, 2.75) is 46.5 Å². The zero-order valence-electron chi connectivity index (χ0n) is 17.7. The number of aryl methyl sites for hydroxylation is 1. The van der Waals surface area contributed by atoms with Crippen LogP contribution in [0.25, 0.3) is 16.7 Å². The average molecular weight is 399 g/mol. The van der Waals surface area contributed by atoms with Crippen LogP contribution in [0.2, 0.25) is 0 Å². The predicted molar refractivity (Wildman–Crippen MR) is 114 cm³/mol. The van der Waals surface area contributed by atoms with Gasteiger partial charge in [-0.05, 0) is 37.8 Å². The number of fused-ring (bicyclic) bond motifs is 3. The van der Waals surface area contributed by atoms with Gasteiger partial charge in [-0.2, -0.15) is 0 Å². The summed E-state index contributed by atoms with van der Waals surface area (Å²) in [5.41, 5.74) is 2.45. The van der Waals surface area contributed by atoms with Crippen molar-refractivity contribution in [3.8, 4) is 5.75 Å². The average Bonchev–Trinajstić information content (AvgIpc) is 3.13. The standard InChI is InChI=1S/C21H30N6O2/c1-5-14(2)13-23-19(28)8-6-7-11-22-20-21-26-25-15(3)27(21)18-10-9-16(29-4)12-17(18)24-20/h9-10,12,14H,5-8,11,13H2,1-4H3,(H,22,24)(H,23,28). The Bertz CT molecular complexity index is 984. The first-order chi connectivity index (χ1) is 14.0. The minimum Gasteiger partial charge on any atom is -0.497 e. The van der Waals surface area contributed by atoms with Crippen molar-refractivity contribution in [2.24, 2.45) is 5.92 Å². The lowest BCUT2D eigenvalue weighted by atomic mass is 10.1. The Morgan fingerprint density at radius 3 is 2.86 bits per heavy atom. The Hall–Kier alpha value is -2.90. The largest absolute Gasteiger partial charge is 0.497 e. The number of hydrogen-bond acceptors (Lipinski definition) is 6. The van der Waals surface area contributed by atoms with Gasteiger partial charge in [0, 0.05) is 25.6 Å². The number of aromatic nitrogens is 4. The molecule has 0 saturated carbocycles. The monoisotopic (exact) mass is 398 g/mol. The van der Waals surface area contributed by atoms with Crippen LogP contribution in [0.4, 0.5) is 5.82 Å². The van der Waals surface area contributed by atoms with Crippen LogP contribution in [0.1, 0.15) is 45.4 Å². The van der Waals surface area contributed by atoms with Crippen molar-refractivity contribution in [1.82, 2.24) is 24.9 Å². The zero-order chi connectivity index (χ0) is 20.8. The van der Waals surface area contributed by atoms with Gasteiger partial charge in [-0.3, -0.25) is 9.20 Å². The van der Waals surface area contributed by atoms with Crippen LogP contribution in [0.15, 0.2) is 18.2 Å². The fourth-order valence-electron chi connectivity index (χ4n) is 3.14. The molecule has 0 aliphatic carbocycles. The number of amides is 1. The highest BCUT2D eigenvalue weighted by atomic mass is 16.5. The van der Waals surface area contributed by atoms with Crippen molar-refractivity contribution in [3.63, 3.8) is 0 Å². The molecule has 0 aliphatic heterocycles. The molecule has 1 amide bonds. The summed E-state index contributed by atoms with van der Waals surface area (Å²) in [7, 11) is 1.64. The Labute approximate surface area is 171 Å². The third kappa shape index (κ3) is 4.93. The number of ether oxygens (including phenoxy) is 1. The van der Waals surface area contributed by atoms with Crippen molar-refractivity contribution in [3.05, 3.63) is 24.0 Å². The number of hydrogen-bond donors (Lipinski definition) is 2. The van der Waals surface area contributed by atoms with Crippen molar-refractivity contribution < 1.29 is 9.53 Å². The van der Waals surface area contributed by atoms with E-state index in [-0.39, 0.29) is 5.91 Å². The van der Waals surface area contributed by atoms with E-state index in [1.54, 1.807) is 7.11 Å². The van der Waals surface area contributed by atoms with Gasteiger partial charge >= 0.3 is 0 Å². The van der Waals surface area contributed by atoms with E-state index in [0.29, 0.717) is 30.3 Å². The first kappa shape index (κ1) is 20.8. The fraction of sp³-hybridized carbons (Fsp3) is 0.524. The molecule has 8 heteroatoms. The summed E-state index contributed by atoms with van der Waals surface area (Å²) in [6, 6.07) is 5.77. The molecule has 2 aromatic heterocycles. The molecule has 2 heterocycles. The molecule has 1 atom stereocenters. The van der Waals surface area contributed by atoms with Crippen LogP contribution in [-0.4, -0.2) is 45.7 Å². The van der Waals surface area contributed by atoms with Gasteiger partial charge in [0.05, 0.1) is 18.1 Å². The second-order valence-electron chi connectivity index (χ2n) is 7.42. The molecule has 0 spiro atoms. The minimum atomic E-state index is 0.122. The van der Waals surface area contributed by atoms with Crippen LogP contribution in [0.5, 0.6) is 5.75 Å². The van der Waals surface area contributed by atoms with Crippen LogP contribution in [0, 0.1) is 12.8 Å². The summed E-state index contributed by atoms with van der Waals surface area (Å²) in [5.74, 6) is 2.89. The Morgan fingerprint density at radius 1 is 1.28 bits per heavy atom. The lowest BCUT2D eigenvalue weighted by Gasteiger charge is -2.11. The summed E-state index contributed by atoms with van der Waals surface area (Å²) >= 11 is 0. The molecular weight excluding hydrogens is 368 g/mol. The van der Waals surface area contributed by atoms with Gasteiger partial charge in [0.25, 0.3) is 0 Å². The van der Waals surface area contributed by atoms with Gasteiger partial charge in [0.1, 0.15) is 11.6 Å². The summed E-state index contributed by atoms with van der Waals surface area (Å²) in [6.45, 7) is 7.66. The van der Waals surface area contributed by atoms with Gasteiger partial charge in [-0.1, -0.05) is 20.3 Å². The predicted octanol–water partition coefficient (Wildman–Crippen LogP) is 3.34. The van der Waals surface area contributed by atoms with E-state index in [9.17, 15) is 4.79 Å². The summed E-state index contributed by atoms with van der Waals surface area (Å²) in [5, 5.41) is 14.8. The van der Waals surface area contributed by atoms with Gasteiger partial charge < -0.3 is 15.4 Å². The number of nitrogens with one attached hydrogen (secondary N) is 2. The van der Waals surface area contributed by atoms with E-state index in [0.717, 1.165) is 48.4 Å². The van der Waals surface area contributed by atoms with Crippen LogP contribution in [0.3, 0.4) is 0 Å². The molecule has 3 aromatic rings. The smallest absolute Gasteiger partial charge is 0.220 e. The number of carbonyl (C=O) groups excluding carboxylic acids is 1. The first-order valence-corrected chi connectivity index (χ1v) is 10.2. The Balaban J connectivity index is 1.62. The maximum absolute atomic E-state index is 11.9. The molecule has 0 saturated heterocycles. The van der Waals surface area contributed by atoms with Crippen molar-refractivity contribution in [1.29, 1.82) is 0 Å². The van der Waals surface area contributed by atoms with Gasteiger partial charge in [-0.25, -0.2) is 4.98 Å². The highest BCUT2D eigenvalue weighted by Crippen LogP contribution is 2.25. The van der Waals surface area contributed by atoms with Gasteiger partial charge in [-0.15, -0.1) is 10.2 Å². The molecule has 156 valence electrons. The lowest BCUT2D eigenvalue weighted by molar-refractivity contribution is -0.121. The number of methoxy groups -OCH3 is 1. The maximum atomic E-state index is 11.9. The second kappa shape index (κ2) is 9.54. The normalized spacial score (nSPS) is 12.3. The Morgan fingerprint density at radius 2 is 2.10 bits per heavy atom. The molecule has 1 unspecified atom stereocenters. The SMILES string of the molecule is CCC(C)CNC(=O)CCCCNc1nc2cc(OC)ccc2n2c(C)nnc12. The molecule has 8 nitrogen and oxygen atoms in total. The quantitative estimate of drug-likeness (QED) is 0.509. The molecule has 1 aromatic carbocycles. The molecule has 0 fully saturated rings. The highest BCUT2D eigenvalue weighted by Gasteiger charge is 2.13. The molecular formula is C21H30N6O2. The van der Waals surface area contributed by atoms with Crippen molar-refractivity contribution >= 4 is 28.4 Å². The maximum Gasteiger partial charge on any atom is 0.220 e. The van der Waals surface area contributed by atoms with E-state index in [1.807, 2.05) is 29.5 Å². The van der Waals surface area contributed by atoms with E-state index < -0.39 is 0 Å². The van der Waals surface area contributed by atoms with Gasteiger partial charge in [0.2, 0.25) is 11.6 Å². The molecule has 0 aliphatic rings. The topological polar surface area (TPSA) is 93.4 Å². The van der Waals surface area contributed by atoms with E-state index in [4.69, 9.17) is 9.72 Å². The molecule has 3 rings (SSSR count). The number of benzene rings is 1. The molecule has 29 heavy (non-hydrogen) atoms. The number of anilines is 1. The third-order valence-electron chi connectivity index (χ3n) is 5.16. The van der Waals surface area contributed by atoms with Crippen LogP contribution in [-0.2, 0) is 4.79 Å². The summed E-state index contributed by atoms with van der Waals surface area (Å²) < 4.78 is 7.32. The van der Waals surface area contributed by atoms with Gasteiger partial charge in [0.15, 0.2) is 5.82 Å². The molecule has 2 N–H and O–H groups in total. The lowest BCUT2D eigenvalue weighted by Crippen LogP contribution is -2.27. The second-order valence-corrected chi connectivity index (χ2v) is 7.42. The van der Waals surface area contributed by atoms with Crippen molar-refractivity contribution in [2.75, 3.05) is 25.5 Å². The first-order valence-electron chi connectivity index (χ1n) is 10.2. The van der Waals surface area contributed by atoms with E-state index in [1.165, 1.54) is 0 Å². The Kier molecular flexibility index (Phi) is 6.85. The fourth-order valence-corrected chi connectivity index (χ4v) is 3.14. The molecule has 0 radical (unpaired) electrons. The number of carbonyl (C=O) groups is 1. The highest BCUT2D eigenvalue weighted by molar-refractivity contribution is 5.84. The summed E-state index contributed by atoms with van der Waals surface area (Å²) in [4.78, 5) is 16.6. The van der Waals surface area contributed by atoms with Crippen LogP contribution >= 0.6 is 0 Å². The minimum absolute atomic E-state index is 0.122. The van der Waals surface area contributed by atoms with Crippen LogP contribution < -0.4 is 15.4 Å². The van der Waals surface area contributed by atoms with E-state index in [2.05, 4.69) is 34.7 Å².